The molecule has 1 amide bonds. The second-order valence-electron chi connectivity index (χ2n) is 11.8. The maximum atomic E-state index is 12.4. The maximum absolute atomic E-state index is 12.4. The number of methoxy groups -OCH3 is 1. The number of carboxylic acid groups (broad SMARTS) is 1. The summed E-state index contributed by atoms with van der Waals surface area (Å²) < 4.78 is 53.3. The minimum absolute atomic E-state index is 0.00605. The van der Waals surface area contributed by atoms with Crippen molar-refractivity contribution in [3.8, 4) is 11.5 Å². The lowest BCUT2D eigenvalue weighted by Crippen LogP contribution is -2.46. The molecular weight excluding hydrogens is 624 g/mol. The minimum atomic E-state index is -3.81. The number of ether oxygens (including phenoxy) is 4. The van der Waals surface area contributed by atoms with E-state index in [1.54, 1.807) is 19.2 Å². The molecule has 2 unspecified atom stereocenters. The Hall–Kier alpha value is -3.84. The molecule has 0 bridgehead atoms. The lowest BCUT2D eigenvalue weighted by atomic mass is 9.87. The Morgan fingerprint density at radius 2 is 1.77 bits per heavy atom. The van der Waals surface area contributed by atoms with E-state index in [9.17, 15) is 18.3 Å². The summed E-state index contributed by atoms with van der Waals surface area (Å²) in [7, 11) is -2.10. The number of likely N-dealkylation sites (tertiary alicyclic amines) is 1. The molecule has 12 heteroatoms. The molecular formula is C35H44N2O9S. The highest BCUT2D eigenvalue weighted by molar-refractivity contribution is 7.86. The Bertz CT molecular complexity index is 1560. The molecule has 0 saturated carbocycles. The van der Waals surface area contributed by atoms with Gasteiger partial charge in [-0.2, -0.15) is 8.42 Å². The molecule has 2 atom stereocenters. The molecule has 2 aliphatic rings. The number of amides is 1. The second kappa shape index (κ2) is 16.3. The van der Waals surface area contributed by atoms with Crippen LogP contribution in [0.1, 0.15) is 41.9 Å². The van der Waals surface area contributed by atoms with E-state index < -0.39 is 16.2 Å². The van der Waals surface area contributed by atoms with Crippen molar-refractivity contribution in [2.24, 2.45) is 0 Å². The van der Waals surface area contributed by atoms with Crippen LogP contribution >= 0.6 is 0 Å². The molecule has 0 aromatic heterocycles. The molecule has 1 N–H and O–H groups in total. The van der Waals surface area contributed by atoms with E-state index in [1.807, 2.05) is 43.3 Å². The van der Waals surface area contributed by atoms with Gasteiger partial charge in [-0.3, -0.25) is 4.18 Å². The van der Waals surface area contributed by atoms with Crippen molar-refractivity contribution in [3.63, 3.8) is 0 Å². The fraction of sp³-hybridized carbons (Fsp3) is 0.457. The van der Waals surface area contributed by atoms with E-state index in [0.29, 0.717) is 51.6 Å². The number of aryl methyl sites for hydroxylation is 1. The van der Waals surface area contributed by atoms with Gasteiger partial charge in [-0.05, 0) is 67.3 Å². The van der Waals surface area contributed by atoms with E-state index in [2.05, 4.69) is 11.0 Å². The summed E-state index contributed by atoms with van der Waals surface area (Å²) in [4.78, 5) is 15.7. The Labute approximate surface area is 277 Å². The zero-order valence-electron chi connectivity index (χ0n) is 27.0. The molecule has 47 heavy (non-hydrogen) atoms. The summed E-state index contributed by atoms with van der Waals surface area (Å²) in [5, 5.41) is 9.70. The van der Waals surface area contributed by atoms with Gasteiger partial charge in [0.2, 0.25) is 0 Å². The number of benzene rings is 3. The van der Waals surface area contributed by atoms with E-state index in [1.165, 1.54) is 17.0 Å². The maximum Gasteiger partial charge on any atom is 0.407 e. The second-order valence-corrected chi connectivity index (χ2v) is 13.4. The molecule has 1 saturated heterocycles. The highest BCUT2D eigenvalue weighted by atomic mass is 32.2. The molecule has 3 aromatic carbocycles. The molecule has 11 nitrogen and oxygen atoms in total. The van der Waals surface area contributed by atoms with Crippen molar-refractivity contribution in [1.82, 2.24) is 4.90 Å². The van der Waals surface area contributed by atoms with Gasteiger partial charge in [0.05, 0.1) is 49.6 Å². The molecule has 254 valence electrons. The van der Waals surface area contributed by atoms with Crippen molar-refractivity contribution >= 4 is 21.9 Å². The van der Waals surface area contributed by atoms with E-state index in [-0.39, 0.29) is 30.1 Å². The molecule has 0 radical (unpaired) electrons. The normalized spacial score (nSPS) is 18.0. The van der Waals surface area contributed by atoms with Crippen LogP contribution < -0.4 is 14.4 Å². The number of hydrogen-bond donors (Lipinski definition) is 1. The van der Waals surface area contributed by atoms with Gasteiger partial charge in [-0.25, -0.2) is 4.79 Å². The lowest BCUT2D eigenvalue weighted by molar-refractivity contribution is -0.0199. The summed E-state index contributed by atoms with van der Waals surface area (Å²) in [5.41, 5.74) is 4.05. The first-order valence-corrected chi connectivity index (χ1v) is 17.4. The third kappa shape index (κ3) is 9.38. The van der Waals surface area contributed by atoms with Crippen molar-refractivity contribution in [3.05, 3.63) is 83.4 Å². The first-order valence-electron chi connectivity index (χ1n) is 16.0. The standard InChI is InChI=1S/C35H44N2O9S/c1-26-5-12-30(13-6-26)47(40,41)46-21-4-20-43-29-10-8-28(9-11-29)31-15-17-37(35(38)39)24-34(31)45-25-27-7-14-33-32(23-27)36(18-22-44-33)16-3-19-42-2/h5-14,23,31,34H,3-4,15-22,24-25H2,1-2H3,(H,38,39). The SMILES string of the molecule is COCCCN1CCOc2ccc(COC3CN(C(=O)O)CCC3c3ccc(OCCCOS(=O)(=O)c4ccc(C)cc4)cc3)cc21. The Morgan fingerprint density at radius 3 is 2.51 bits per heavy atom. The summed E-state index contributed by atoms with van der Waals surface area (Å²) in [6.45, 7) is 6.26. The third-order valence-electron chi connectivity index (χ3n) is 8.47. The van der Waals surface area contributed by atoms with Gasteiger partial charge in [0.15, 0.2) is 0 Å². The van der Waals surface area contributed by atoms with Crippen molar-refractivity contribution < 1.29 is 41.4 Å². The van der Waals surface area contributed by atoms with Crippen LogP contribution in [0.2, 0.25) is 0 Å². The van der Waals surface area contributed by atoms with Crippen LogP contribution in [0.4, 0.5) is 10.5 Å². The quantitative estimate of drug-likeness (QED) is 0.165. The summed E-state index contributed by atoms with van der Waals surface area (Å²) >= 11 is 0. The average molecular weight is 669 g/mol. The highest BCUT2D eigenvalue weighted by Crippen LogP contribution is 2.35. The smallest absolute Gasteiger partial charge is 0.407 e. The molecule has 5 rings (SSSR count). The first kappa shape index (κ1) is 34.5. The predicted octanol–water partition coefficient (Wildman–Crippen LogP) is 5.46. The van der Waals surface area contributed by atoms with Crippen LogP contribution in [0.3, 0.4) is 0 Å². The van der Waals surface area contributed by atoms with Crippen LogP contribution in [0.25, 0.3) is 0 Å². The predicted molar refractivity (Wildman–Crippen MR) is 177 cm³/mol. The number of nitrogens with zero attached hydrogens (tertiary/aromatic N) is 2. The molecule has 1 fully saturated rings. The molecule has 2 heterocycles. The van der Waals surface area contributed by atoms with E-state index in [0.717, 1.165) is 47.6 Å². The third-order valence-corrected chi connectivity index (χ3v) is 9.79. The number of fused-ring (bicyclic) bond motifs is 1. The van der Waals surface area contributed by atoms with Gasteiger partial charge in [-0.1, -0.05) is 35.9 Å². The number of carbonyl (C=O) groups is 1. The molecule has 3 aromatic rings. The van der Waals surface area contributed by atoms with Crippen LogP contribution in [-0.2, 0) is 30.4 Å². The zero-order valence-corrected chi connectivity index (χ0v) is 27.8. The number of hydrogen-bond acceptors (Lipinski definition) is 9. The van der Waals surface area contributed by atoms with Gasteiger partial charge < -0.3 is 33.9 Å². The monoisotopic (exact) mass is 668 g/mol. The number of anilines is 1. The number of piperidine rings is 1. The first-order chi connectivity index (χ1) is 22.7. The topological polar surface area (TPSA) is 124 Å². The van der Waals surface area contributed by atoms with Gasteiger partial charge in [0, 0.05) is 39.1 Å². The Balaban J connectivity index is 1.16. The summed E-state index contributed by atoms with van der Waals surface area (Å²) in [6.07, 6.45) is 0.673. The van der Waals surface area contributed by atoms with Gasteiger partial charge in [0.1, 0.15) is 18.1 Å². The summed E-state index contributed by atoms with van der Waals surface area (Å²) in [6, 6.07) is 20.3. The fourth-order valence-electron chi connectivity index (χ4n) is 5.89. The van der Waals surface area contributed by atoms with Crippen LogP contribution in [0, 0.1) is 6.92 Å². The van der Waals surface area contributed by atoms with Crippen LogP contribution in [0.15, 0.2) is 71.6 Å². The largest absolute Gasteiger partial charge is 0.494 e. The summed E-state index contributed by atoms with van der Waals surface area (Å²) in [5.74, 6) is 1.51. The van der Waals surface area contributed by atoms with Crippen LogP contribution in [-0.4, -0.2) is 90.3 Å². The van der Waals surface area contributed by atoms with Crippen molar-refractivity contribution in [2.75, 3.05) is 64.6 Å². The lowest BCUT2D eigenvalue weighted by Gasteiger charge is -2.37. The molecule has 0 spiro atoms. The molecule has 0 aliphatic carbocycles. The van der Waals surface area contributed by atoms with Crippen molar-refractivity contribution in [1.29, 1.82) is 0 Å². The van der Waals surface area contributed by atoms with E-state index in [4.69, 9.17) is 23.1 Å². The van der Waals surface area contributed by atoms with Gasteiger partial charge in [-0.15, -0.1) is 0 Å². The highest BCUT2D eigenvalue weighted by Gasteiger charge is 2.33. The fourth-order valence-corrected chi connectivity index (χ4v) is 6.83. The van der Waals surface area contributed by atoms with Crippen LogP contribution in [0.5, 0.6) is 11.5 Å². The molecule has 2 aliphatic heterocycles. The van der Waals surface area contributed by atoms with E-state index >= 15 is 0 Å². The zero-order chi connectivity index (χ0) is 33.2. The Morgan fingerprint density at radius 1 is 0.979 bits per heavy atom. The number of rotatable bonds is 15. The van der Waals surface area contributed by atoms with Crippen molar-refractivity contribution in [2.45, 2.75) is 49.7 Å². The minimum Gasteiger partial charge on any atom is -0.494 e. The Kier molecular flexibility index (Phi) is 12.0. The average Bonchev–Trinajstić information content (AvgIpc) is 3.07. The van der Waals surface area contributed by atoms with Gasteiger partial charge in [0.25, 0.3) is 10.1 Å². The van der Waals surface area contributed by atoms with Gasteiger partial charge >= 0.3 is 6.09 Å².